The summed E-state index contributed by atoms with van der Waals surface area (Å²) in [5.74, 6) is -0.669. The van der Waals surface area contributed by atoms with Crippen LogP contribution in [0.3, 0.4) is 0 Å². The standard InChI is InChI=1S/C11H22N2O4/c1-9(2)7-12-10(15)8-13(5-6-14)4-3-11(16)17/h9,14H,3-8H2,1-2H3,(H,12,15)(H,16,17). The fraction of sp³-hybridized carbons (Fsp3) is 0.818. The van der Waals surface area contributed by atoms with Gasteiger partial charge in [0.15, 0.2) is 0 Å². The molecule has 1 amide bonds. The van der Waals surface area contributed by atoms with Crippen molar-refractivity contribution < 1.29 is 19.8 Å². The molecule has 0 aliphatic carbocycles. The van der Waals surface area contributed by atoms with E-state index in [4.69, 9.17) is 10.2 Å². The van der Waals surface area contributed by atoms with Crippen molar-refractivity contribution in [1.29, 1.82) is 0 Å². The predicted molar refractivity (Wildman–Crippen MR) is 63.6 cm³/mol. The molecule has 0 fully saturated rings. The molecule has 6 heteroatoms. The van der Waals surface area contributed by atoms with Crippen LogP contribution in [0.15, 0.2) is 0 Å². The van der Waals surface area contributed by atoms with Crippen molar-refractivity contribution in [2.45, 2.75) is 20.3 Å². The van der Waals surface area contributed by atoms with Gasteiger partial charge in [-0.2, -0.15) is 0 Å². The van der Waals surface area contributed by atoms with Gasteiger partial charge in [-0.05, 0) is 5.92 Å². The van der Waals surface area contributed by atoms with Gasteiger partial charge < -0.3 is 15.5 Å². The summed E-state index contributed by atoms with van der Waals surface area (Å²) in [6.07, 6.45) is -0.0303. The highest BCUT2D eigenvalue weighted by molar-refractivity contribution is 5.78. The molecule has 0 spiro atoms. The molecule has 0 atom stereocenters. The average molecular weight is 246 g/mol. The first-order chi connectivity index (χ1) is 7.95. The minimum absolute atomic E-state index is 0.0303. The summed E-state index contributed by atoms with van der Waals surface area (Å²) in [6.45, 7) is 5.21. The summed E-state index contributed by atoms with van der Waals surface area (Å²) in [4.78, 5) is 23.5. The monoisotopic (exact) mass is 246 g/mol. The molecule has 0 rings (SSSR count). The van der Waals surface area contributed by atoms with Crippen LogP contribution < -0.4 is 5.32 Å². The molecular formula is C11H22N2O4. The van der Waals surface area contributed by atoms with Crippen LogP contribution in [0.25, 0.3) is 0 Å². The second kappa shape index (κ2) is 8.95. The van der Waals surface area contributed by atoms with Gasteiger partial charge in [0.2, 0.25) is 5.91 Å². The van der Waals surface area contributed by atoms with Crippen molar-refractivity contribution in [3.05, 3.63) is 0 Å². The molecule has 0 aliphatic rings. The lowest BCUT2D eigenvalue weighted by molar-refractivity contribution is -0.137. The van der Waals surface area contributed by atoms with Crippen LogP contribution in [0.4, 0.5) is 0 Å². The fourth-order valence-corrected chi connectivity index (χ4v) is 1.24. The van der Waals surface area contributed by atoms with Crippen molar-refractivity contribution in [3.8, 4) is 0 Å². The molecule has 17 heavy (non-hydrogen) atoms. The zero-order valence-corrected chi connectivity index (χ0v) is 10.5. The molecule has 0 saturated heterocycles. The molecule has 0 aliphatic heterocycles. The number of carboxylic acids is 1. The summed E-state index contributed by atoms with van der Waals surface area (Å²) in [5.41, 5.74) is 0. The highest BCUT2D eigenvalue weighted by atomic mass is 16.4. The molecule has 0 heterocycles. The zero-order chi connectivity index (χ0) is 13.3. The Kier molecular flexibility index (Phi) is 8.35. The number of rotatable bonds is 9. The van der Waals surface area contributed by atoms with E-state index in [1.165, 1.54) is 0 Å². The number of aliphatic hydroxyl groups is 1. The molecule has 0 radical (unpaired) electrons. The number of aliphatic hydroxyl groups excluding tert-OH is 1. The first-order valence-corrected chi connectivity index (χ1v) is 5.77. The normalized spacial score (nSPS) is 10.9. The van der Waals surface area contributed by atoms with Crippen LogP contribution in [0, 0.1) is 5.92 Å². The van der Waals surface area contributed by atoms with Crippen molar-refractivity contribution in [2.24, 2.45) is 5.92 Å². The third-order valence-electron chi connectivity index (χ3n) is 2.13. The van der Waals surface area contributed by atoms with Crippen LogP contribution in [0.5, 0.6) is 0 Å². The maximum absolute atomic E-state index is 11.5. The molecule has 0 saturated carbocycles. The Bertz CT molecular complexity index is 244. The number of aliphatic carboxylic acids is 1. The zero-order valence-electron chi connectivity index (χ0n) is 10.5. The third kappa shape index (κ3) is 9.77. The molecule has 6 nitrogen and oxygen atoms in total. The number of carbonyl (C=O) groups is 2. The molecule has 0 aromatic heterocycles. The minimum atomic E-state index is -0.907. The van der Waals surface area contributed by atoms with E-state index in [9.17, 15) is 9.59 Å². The summed E-state index contributed by atoms with van der Waals surface area (Å²) < 4.78 is 0. The van der Waals surface area contributed by atoms with Crippen LogP contribution >= 0.6 is 0 Å². The van der Waals surface area contributed by atoms with E-state index in [2.05, 4.69) is 5.32 Å². The smallest absolute Gasteiger partial charge is 0.304 e. The van der Waals surface area contributed by atoms with Gasteiger partial charge in [-0.15, -0.1) is 0 Å². The van der Waals surface area contributed by atoms with Crippen LogP contribution in [-0.4, -0.2) is 59.8 Å². The number of carboxylic acid groups (broad SMARTS) is 1. The van der Waals surface area contributed by atoms with Crippen LogP contribution in [-0.2, 0) is 9.59 Å². The predicted octanol–water partition coefficient (Wildman–Crippen LogP) is -0.472. The molecule has 0 unspecified atom stereocenters. The summed E-state index contributed by atoms with van der Waals surface area (Å²) in [5, 5.41) is 20.1. The second-order valence-corrected chi connectivity index (χ2v) is 4.34. The topological polar surface area (TPSA) is 89.9 Å². The summed E-state index contributed by atoms with van der Waals surface area (Å²) >= 11 is 0. The number of nitrogens with one attached hydrogen (secondary N) is 1. The first-order valence-electron chi connectivity index (χ1n) is 5.77. The highest BCUT2D eigenvalue weighted by Crippen LogP contribution is 1.93. The number of hydrogen-bond acceptors (Lipinski definition) is 4. The number of carbonyl (C=O) groups excluding carboxylic acids is 1. The average Bonchev–Trinajstić information content (AvgIpc) is 2.23. The Morgan fingerprint density at radius 3 is 2.41 bits per heavy atom. The van der Waals surface area contributed by atoms with E-state index in [0.29, 0.717) is 19.0 Å². The van der Waals surface area contributed by atoms with E-state index in [0.717, 1.165) is 0 Å². The van der Waals surface area contributed by atoms with Gasteiger partial charge in [0, 0.05) is 19.6 Å². The van der Waals surface area contributed by atoms with E-state index < -0.39 is 5.97 Å². The molecule has 3 N–H and O–H groups in total. The van der Waals surface area contributed by atoms with Crippen LogP contribution in [0.2, 0.25) is 0 Å². The van der Waals surface area contributed by atoms with Crippen molar-refractivity contribution >= 4 is 11.9 Å². The van der Waals surface area contributed by atoms with Crippen molar-refractivity contribution in [1.82, 2.24) is 10.2 Å². The minimum Gasteiger partial charge on any atom is -0.481 e. The SMILES string of the molecule is CC(C)CNC(=O)CN(CCO)CCC(=O)O. The van der Waals surface area contributed by atoms with Crippen molar-refractivity contribution in [3.63, 3.8) is 0 Å². The van der Waals surface area contributed by atoms with Gasteiger partial charge >= 0.3 is 5.97 Å². The largest absolute Gasteiger partial charge is 0.481 e. The lowest BCUT2D eigenvalue weighted by atomic mass is 10.2. The van der Waals surface area contributed by atoms with Gasteiger partial charge in [-0.1, -0.05) is 13.8 Å². The third-order valence-corrected chi connectivity index (χ3v) is 2.13. The van der Waals surface area contributed by atoms with Gasteiger partial charge in [-0.3, -0.25) is 14.5 Å². The Balaban J connectivity index is 3.96. The lowest BCUT2D eigenvalue weighted by Crippen LogP contribution is -2.40. The van der Waals surface area contributed by atoms with Crippen LogP contribution in [0.1, 0.15) is 20.3 Å². The summed E-state index contributed by atoms with van der Waals surface area (Å²) in [7, 11) is 0. The molecular weight excluding hydrogens is 224 g/mol. The van der Waals surface area contributed by atoms with Gasteiger partial charge in [0.05, 0.1) is 19.6 Å². The highest BCUT2D eigenvalue weighted by Gasteiger charge is 2.11. The van der Waals surface area contributed by atoms with E-state index in [-0.39, 0.29) is 32.0 Å². The Hall–Kier alpha value is -1.14. The quantitative estimate of drug-likeness (QED) is 0.511. The molecule has 0 aromatic rings. The number of nitrogens with zero attached hydrogens (tertiary/aromatic N) is 1. The Morgan fingerprint density at radius 1 is 1.29 bits per heavy atom. The van der Waals surface area contributed by atoms with Gasteiger partial charge in [-0.25, -0.2) is 0 Å². The molecule has 100 valence electrons. The number of hydrogen-bond donors (Lipinski definition) is 3. The maximum atomic E-state index is 11.5. The van der Waals surface area contributed by atoms with E-state index >= 15 is 0 Å². The van der Waals surface area contributed by atoms with E-state index in [1.807, 2.05) is 13.8 Å². The Morgan fingerprint density at radius 2 is 1.94 bits per heavy atom. The lowest BCUT2D eigenvalue weighted by Gasteiger charge is -2.20. The van der Waals surface area contributed by atoms with E-state index in [1.54, 1.807) is 4.90 Å². The maximum Gasteiger partial charge on any atom is 0.304 e. The summed E-state index contributed by atoms with van der Waals surface area (Å²) in [6, 6.07) is 0. The first kappa shape index (κ1) is 15.9. The Labute approximate surface area is 102 Å². The van der Waals surface area contributed by atoms with Gasteiger partial charge in [0.1, 0.15) is 0 Å². The second-order valence-electron chi connectivity index (χ2n) is 4.34. The molecule has 0 bridgehead atoms. The fourth-order valence-electron chi connectivity index (χ4n) is 1.24. The van der Waals surface area contributed by atoms with Gasteiger partial charge in [0.25, 0.3) is 0 Å². The number of amides is 1. The molecule has 0 aromatic carbocycles. The van der Waals surface area contributed by atoms with Crippen molar-refractivity contribution in [2.75, 3.05) is 32.8 Å².